The summed E-state index contributed by atoms with van der Waals surface area (Å²) in [7, 11) is -4.76. The van der Waals surface area contributed by atoms with E-state index >= 15 is 0 Å². The maximum absolute atomic E-state index is 14.0. The summed E-state index contributed by atoms with van der Waals surface area (Å²) >= 11 is 6.18. The number of benzene rings is 4. The number of sulfonamides is 2. The number of carbonyl (C=O) groups is 1. The van der Waals surface area contributed by atoms with Gasteiger partial charge in [-0.1, -0.05) is 17.7 Å². The topological polar surface area (TPSA) is 140 Å². The predicted molar refractivity (Wildman–Crippen MR) is 169 cm³/mol. The molecule has 0 unspecified atom stereocenters. The van der Waals surface area contributed by atoms with Crippen LogP contribution in [0.4, 0.5) is 30.2 Å². The Kier molecular flexibility index (Phi) is 10.5. The summed E-state index contributed by atoms with van der Waals surface area (Å²) in [5.74, 6) is -0.344. The van der Waals surface area contributed by atoms with Gasteiger partial charge in [0, 0.05) is 22.5 Å². The molecule has 0 fully saturated rings. The molecule has 2 N–H and O–H groups in total. The van der Waals surface area contributed by atoms with Crippen LogP contribution in [0.1, 0.15) is 5.56 Å². The molecule has 0 heterocycles. The zero-order valence-electron chi connectivity index (χ0n) is 24.8. The van der Waals surface area contributed by atoms with Crippen molar-refractivity contribution in [3.63, 3.8) is 0 Å². The van der Waals surface area contributed by atoms with Crippen LogP contribution in [0.2, 0.25) is 5.02 Å². The molecule has 47 heavy (non-hydrogen) atoms. The lowest BCUT2D eigenvalue weighted by Gasteiger charge is -2.26. The normalized spacial score (nSPS) is 11.8. The van der Waals surface area contributed by atoms with Crippen molar-refractivity contribution in [2.45, 2.75) is 16.0 Å². The van der Waals surface area contributed by atoms with E-state index in [0.717, 1.165) is 34.6 Å². The van der Waals surface area contributed by atoms with Crippen LogP contribution in [-0.4, -0.2) is 50.6 Å². The molecule has 0 spiro atoms. The van der Waals surface area contributed by atoms with Gasteiger partial charge in [-0.05, 0) is 72.8 Å². The molecule has 4 aromatic carbocycles. The Hall–Kier alpha value is -4.67. The minimum absolute atomic E-state index is 0.0490. The SMILES string of the molecule is COc1ccc(S(=O)(=O)N(CC(=O)Nc2ccc(S(=O)(=O)Nc3cccc(C(F)(F)F)c3)cc2)c2cc(Cl)ccc2OC)cc1OC. The third-order valence-electron chi connectivity index (χ3n) is 6.53. The Balaban J connectivity index is 1.60. The molecule has 0 saturated carbocycles. The van der Waals surface area contributed by atoms with Gasteiger partial charge in [-0.2, -0.15) is 13.2 Å². The Morgan fingerprint density at radius 3 is 2.00 bits per heavy atom. The van der Waals surface area contributed by atoms with Gasteiger partial charge in [-0.15, -0.1) is 0 Å². The van der Waals surface area contributed by atoms with Gasteiger partial charge in [0.1, 0.15) is 12.3 Å². The first-order chi connectivity index (χ1) is 22.1. The number of carbonyl (C=O) groups excluding carboxylic acids is 1. The molecule has 0 atom stereocenters. The number of anilines is 3. The Morgan fingerprint density at radius 2 is 1.38 bits per heavy atom. The van der Waals surface area contributed by atoms with Crippen LogP contribution >= 0.6 is 11.6 Å². The van der Waals surface area contributed by atoms with Crippen molar-refractivity contribution < 1.29 is 49.0 Å². The van der Waals surface area contributed by atoms with Gasteiger partial charge in [-0.3, -0.25) is 13.8 Å². The summed E-state index contributed by atoms with van der Waals surface area (Å²) in [6, 6.07) is 16.5. The first-order valence-electron chi connectivity index (χ1n) is 13.3. The van der Waals surface area contributed by atoms with Gasteiger partial charge < -0.3 is 19.5 Å². The number of nitrogens with one attached hydrogen (secondary N) is 2. The van der Waals surface area contributed by atoms with E-state index in [1.165, 1.54) is 69.9 Å². The van der Waals surface area contributed by atoms with Crippen LogP contribution in [0.25, 0.3) is 0 Å². The summed E-state index contributed by atoms with van der Waals surface area (Å²) in [6.45, 7) is -0.773. The Bertz CT molecular complexity index is 1990. The van der Waals surface area contributed by atoms with Crippen LogP contribution in [0, 0.1) is 0 Å². The van der Waals surface area contributed by atoms with Crippen molar-refractivity contribution in [1.82, 2.24) is 0 Å². The van der Waals surface area contributed by atoms with E-state index in [4.69, 9.17) is 25.8 Å². The van der Waals surface area contributed by atoms with Crippen LogP contribution in [0.3, 0.4) is 0 Å². The first-order valence-corrected chi connectivity index (χ1v) is 16.6. The quantitative estimate of drug-likeness (QED) is 0.182. The molecule has 0 aromatic heterocycles. The van der Waals surface area contributed by atoms with E-state index in [0.29, 0.717) is 6.07 Å². The number of rotatable bonds is 12. The van der Waals surface area contributed by atoms with Crippen molar-refractivity contribution in [3.05, 3.63) is 95.5 Å². The molecule has 1 amide bonds. The second kappa shape index (κ2) is 14.0. The molecule has 0 bridgehead atoms. The third kappa shape index (κ3) is 8.19. The van der Waals surface area contributed by atoms with E-state index in [9.17, 15) is 34.8 Å². The smallest absolute Gasteiger partial charge is 0.416 e. The number of amides is 1. The van der Waals surface area contributed by atoms with E-state index in [1.807, 2.05) is 0 Å². The summed E-state index contributed by atoms with van der Waals surface area (Å²) in [5, 5.41) is 2.66. The fourth-order valence-electron chi connectivity index (χ4n) is 4.28. The van der Waals surface area contributed by atoms with E-state index in [2.05, 4.69) is 10.0 Å². The maximum atomic E-state index is 14.0. The van der Waals surface area contributed by atoms with Crippen molar-refractivity contribution >= 4 is 54.6 Å². The summed E-state index contributed by atoms with van der Waals surface area (Å²) < 4.78 is 111. The van der Waals surface area contributed by atoms with Gasteiger partial charge in [0.05, 0.1) is 42.4 Å². The molecule has 4 rings (SSSR count). The van der Waals surface area contributed by atoms with Gasteiger partial charge in [0.15, 0.2) is 11.5 Å². The fraction of sp³-hybridized carbons (Fsp3) is 0.167. The van der Waals surface area contributed by atoms with Crippen molar-refractivity contribution in [3.8, 4) is 17.2 Å². The molecule has 17 heteroatoms. The summed E-state index contributed by atoms with van der Waals surface area (Å²) in [6.07, 6.45) is -4.67. The minimum atomic E-state index is -4.67. The Labute approximate surface area is 273 Å². The number of halogens is 4. The molecule has 11 nitrogen and oxygen atoms in total. The number of alkyl halides is 3. The number of nitrogens with zero attached hydrogens (tertiary/aromatic N) is 1. The minimum Gasteiger partial charge on any atom is -0.495 e. The molecule has 4 aromatic rings. The molecular formula is C30H27ClF3N3O8S2. The third-order valence-corrected chi connectivity index (χ3v) is 9.92. The van der Waals surface area contributed by atoms with Crippen LogP contribution in [0.15, 0.2) is 94.7 Å². The van der Waals surface area contributed by atoms with Gasteiger partial charge in [0.2, 0.25) is 5.91 Å². The highest BCUT2D eigenvalue weighted by Crippen LogP contribution is 2.37. The predicted octanol–water partition coefficient (Wildman–Crippen LogP) is 6.02. The second-order valence-corrected chi connectivity index (χ2v) is 13.6. The van der Waals surface area contributed by atoms with E-state index < -0.39 is 44.2 Å². The highest BCUT2D eigenvalue weighted by atomic mass is 35.5. The molecule has 0 aliphatic carbocycles. The van der Waals surface area contributed by atoms with Crippen LogP contribution in [-0.2, 0) is 31.0 Å². The van der Waals surface area contributed by atoms with Crippen LogP contribution in [0.5, 0.6) is 17.2 Å². The van der Waals surface area contributed by atoms with Crippen molar-refractivity contribution in [2.24, 2.45) is 0 Å². The molecule has 0 aliphatic rings. The van der Waals surface area contributed by atoms with Crippen LogP contribution < -0.4 is 28.6 Å². The van der Waals surface area contributed by atoms with Crippen molar-refractivity contribution in [2.75, 3.05) is 42.2 Å². The second-order valence-electron chi connectivity index (χ2n) is 9.60. The average Bonchev–Trinajstić information content (AvgIpc) is 3.03. The molecule has 0 aliphatic heterocycles. The van der Waals surface area contributed by atoms with Gasteiger partial charge in [-0.25, -0.2) is 16.8 Å². The van der Waals surface area contributed by atoms with Gasteiger partial charge >= 0.3 is 6.18 Å². The largest absolute Gasteiger partial charge is 0.495 e. The lowest BCUT2D eigenvalue weighted by molar-refractivity contribution is -0.137. The first kappa shape index (κ1) is 35.2. The number of ether oxygens (including phenoxy) is 3. The molecule has 0 radical (unpaired) electrons. The number of hydrogen-bond donors (Lipinski definition) is 2. The average molecular weight is 714 g/mol. The summed E-state index contributed by atoms with van der Waals surface area (Å²) in [4.78, 5) is 12.7. The molecule has 250 valence electrons. The fourth-order valence-corrected chi connectivity index (χ4v) is 6.94. The monoisotopic (exact) mass is 713 g/mol. The highest BCUT2D eigenvalue weighted by Gasteiger charge is 2.32. The van der Waals surface area contributed by atoms with E-state index in [-0.39, 0.29) is 49.1 Å². The molecular weight excluding hydrogens is 687 g/mol. The highest BCUT2D eigenvalue weighted by molar-refractivity contribution is 7.93. The zero-order valence-corrected chi connectivity index (χ0v) is 27.2. The number of hydrogen-bond acceptors (Lipinski definition) is 8. The Morgan fingerprint density at radius 1 is 0.766 bits per heavy atom. The van der Waals surface area contributed by atoms with Gasteiger partial charge in [0.25, 0.3) is 20.0 Å². The molecule has 0 saturated heterocycles. The summed E-state index contributed by atoms with van der Waals surface area (Å²) in [5.41, 5.74) is -1.29. The lowest BCUT2D eigenvalue weighted by atomic mass is 10.2. The number of methoxy groups -OCH3 is 3. The zero-order chi connectivity index (χ0) is 34.6. The standard InChI is InChI=1S/C30H27ClF3N3O8S2/c1-43-26-13-7-20(31)16-25(26)37(47(41,42)24-12-14-27(44-2)28(17-24)45-3)18-29(38)35-21-8-10-23(11-9-21)46(39,40)36-22-6-4-5-19(15-22)30(32,33)34/h4-17,36H,18H2,1-3H3,(H,35,38). The van der Waals surface area contributed by atoms with Crippen molar-refractivity contribution in [1.29, 1.82) is 0 Å². The lowest BCUT2D eigenvalue weighted by Crippen LogP contribution is -2.38. The van der Waals surface area contributed by atoms with E-state index in [1.54, 1.807) is 0 Å². The maximum Gasteiger partial charge on any atom is 0.416 e.